The fraction of sp³-hybridized carbons (Fsp3) is 0.941. The normalized spacial score (nSPS) is 22.5. The van der Waals surface area contributed by atoms with Crippen molar-refractivity contribution >= 4 is 41.7 Å². The van der Waals surface area contributed by atoms with E-state index in [-0.39, 0.29) is 24.0 Å². The maximum atomic E-state index is 4.66. The Kier molecular flexibility index (Phi) is 14.8. The van der Waals surface area contributed by atoms with Crippen molar-refractivity contribution < 1.29 is 0 Å². The smallest absolute Gasteiger partial charge is 0.191 e. The first-order valence-corrected chi connectivity index (χ1v) is 10.3. The highest BCUT2D eigenvalue weighted by Crippen LogP contribution is 2.20. The van der Waals surface area contributed by atoms with Crippen LogP contribution in [-0.4, -0.2) is 62.1 Å². The van der Waals surface area contributed by atoms with Crippen LogP contribution in [0.1, 0.15) is 40.0 Å². The van der Waals surface area contributed by atoms with Crippen LogP contribution < -0.4 is 10.6 Å². The maximum absolute atomic E-state index is 4.66. The summed E-state index contributed by atoms with van der Waals surface area (Å²) in [5, 5.41) is 6.69. The summed E-state index contributed by atoms with van der Waals surface area (Å²) in [6.45, 7) is 13.5. The number of piperidine rings is 1. The molecule has 0 aromatic heterocycles. The highest BCUT2D eigenvalue weighted by atomic mass is 127. The molecule has 1 aliphatic heterocycles. The standard InChI is InChI=1S/C17H36N4S.HI/c1-5-18-17(20-9-11-22-4)19-8-6-7-10-21-13-15(2)12-16(3)14-21;/h15-16H,5-14H2,1-4H3,(H2,18,19,20);1H. The fourth-order valence-corrected chi connectivity index (χ4v) is 3.53. The van der Waals surface area contributed by atoms with Gasteiger partial charge in [-0.3, -0.25) is 4.99 Å². The Bertz CT molecular complexity index is 305. The Labute approximate surface area is 165 Å². The van der Waals surface area contributed by atoms with Gasteiger partial charge in [-0.15, -0.1) is 24.0 Å². The summed E-state index contributed by atoms with van der Waals surface area (Å²) in [5.74, 6) is 3.82. The lowest BCUT2D eigenvalue weighted by atomic mass is 9.92. The van der Waals surface area contributed by atoms with Gasteiger partial charge in [-0.2, -0.15) is 11.8 Å². The van der Waals surface area contributed by atoms with Crippen molar-refractivity contribution in [3.05, 3.63) is 0 Å². The van der Waals surface area contributed by atoms with E-state index in [1.165, 1.54) is 38.9 Å². The number of guanidine groups is 1. The summed E-state index contributed by atoms with van der Waals surface area (Å²) in [4.78, 5) is 7.31. The number of aliphatic imine (C=N–C) groups is 1. The Morgan fingerprint density at radius 1 is 1.17 bits per heavy atom. The molecule has 0 amide bonds. The van der Waals surface area contributed by atoms with Gasteiger partial charge in [-0.05, 0) is 50.8 Å². The largest absolute Gasteiger partial charge is 0.357 e. The number of halogens is 1. The second-order valence-corrected chi connectivity index (χ2v) is 7.58. The molecule has 0 aliphatic carbocycles. The molecule has 1 heterocycles. The molecular weight excluding hydrogens is 419 g/mol. The summed E-state index contributed by atoms with van der Waals surface area (Å²) in [5.41, 5.74) is 0. The molecule has 0 aromatic carbocycles. The lowest BCUT2D eigenvalue weighted by molar-refractivity contribution is 0.139. The molecule has 2 unspecified atom stereocenters. The predicted octanol–water partition coefficient (Wildman–Crippen LogP) is 3.28. The van der Waals surface area contributed by atoms with Crippen molar-refractivity contribution in [1.82, 2.24) is 15.5 Å². The zero-order valence-electron chi connectivity index (χ0n) is 15.4. The predicted molar refractivity (Wildman–Crippen MR) is 116 cm³/mol. The SMILES string of the molecule is CCNC(=NCCCCN1CC(C)CC(C)C1)NCCSC.I. The quantitative estimate of drug-likeness (QED) is 0.242. The van der Waals surface area contributed by atoms with Crippen LogP contribution in [0.3, 0.4) is 0 Å². The molecule has 23 heavy (non-hydrogen) atoms. The second-order valence-electron chi connectivity index (χ2n) is 6.59. The van der Waals surface area contributed by atoms with Crippen molar-refractivity contribution in [2.45, 2.75) is 40.0 Å². The first kappa shape index (κ1) is 23.3. The monoisotopic (exact) mass is 456 g/mol. The van der Waals surface area contributed by atoms with Gasteiger partial charge in [0.2, 0.25) is 0 Å². The molecule has 0 saturated carbocycles. The third-order valence-corrected chi connectivity index (χ3v) is 4.65. The summed E-state index contributed by atoms with van der Waals surface area (Å²) >= 11 is 1.86. The summed E-state index contributed by atoms with van der Waals surface area (Å²) < 4.78 is 0. The molecule has 1 rings (SSSR count). The van der Waals surface area contributed by atoms with Crippen LogP contribution in [0.4, 0.5) is 0 Å². The number of nitrogens with zero attached hydrogens (tertiary/aromatic N) is 2. The van der Waals surface area contributed by atoms with Gasteiger partial charge in [0, 0.05) is 38.5 Å². The van der Waals surface area contributed by atoms with Crippen LogP contribution in [0.15, 0.2) is 4.99 Å². The van der Waals surface area contributed by atoms with E-state index in [9.17, 15) is 0 Å². The number of likely N-dealkylation sites (tertiary alicyclic amines) is 1. The average Bonchev–Trinajstić information content (AvgIpc) is 2.46. The van der Waals surface area contributed by atoms with Gasteiger partial charge in [0.05, 0.1) is 0 Å². The van der Waals surface area contributed by atoms with Crippen LogP contribution in [0, 0.1) is 11.8 Å². The molecule has 1 fully saturated rings. The van der Waals surface area contributed by atoms with Gasteiger partial charge >= 0.3 is 0 Å². The molecule has 6 heteroatoms. The first-order chi connectivity index (χ1) is 10.7. The van der Waals surface area contributed by atoms with Crippen LogP contribution >= 0.6 is 35.7 Å². The number of thioether (sulfide) groups is 1. The van der Waals surface area contributed by atoms with Gasteiger partial charge in [0.25, 0.3) is 0 Å². The molecule has 0 aromatic rings. The number of rotatable bonds is 9. The highest BCUT2D eigenvalue weighted by molar-refractivity contribution is 14.0. The van der Waals surface area contributed by atoms with Gasteiger partial charge in [-0.25, -0.2) is 0 Å². The van der Waals surface area contributed by atoms with E-state index in [4.69, 9.17) is 0 Å². The average molecular weight is 456 g/mol. The van der Waals surface area contributed by atoms with E-state index < -0.39 is 0 Å². The van der Waals surface area contributed by atoms with Crippen molar-refractivity contribution in [3.63, 3.8) is 0 Å². The number of hydrogen-bond donors (Lipinski definition) is 2. The number of nitrogens with one attached hydrogen (secondary N) is 2. The van der Waals surface area contributed by atoms with E-state index in [1.54, 1.807) is 0 Å². The number of unbranched alkanes of at least 4 members (excludes halogenated alkanes) is 1. The first-order valence-electron chi connectivity index (χ1n) is 8.89. The van der Waals surface area contributed by atoms with E-state index in [1.807, 2.05) is 11.8 Å². The minimum atomic E-state index is 0. The zero-order chi connectivity index (χ0) is 16.2. The zero-order valence-corrected chi connectivity index (χ0v) is 18.6. The van der Waals surface area contributed by atoms with E-state index in [0.29, 0.717) is 0 Å². The Morgan fingerprint density at radius 2 is 1.87 bits per heavy atom. The Balaban J connectivity index is 0.00000484. The van der Waals surface area contributed by atoms with Crippen molar-refractivity contribution in [1.29, 1.82) is 0 Å². The van der Waals surface area contributed by atoms with Crippen LogP contribution in [0.2, 0.25) is 0 Å². The van der Waals surface area contributed by atoms with Gasteiger partial charge < -0.3 is 15.5 Å². The van der Waals surface area contributed by atoms with Crippen molar-refractivity contribution in [3.8, 4) is 0 Å². The summed E-state index contributed by atoms with van der Waals surface area (Å²) in [6.07, 6.45) is 5.97. The molecule has 2 N–H and O–H groups in total. The highest BCUT2D eigenvalue weighted by Gasteiger charge is 2.20. The second kappa shape index (κ2) is 14.6. The third kappa shape index (κ3) is 11.5. The van der Waals surface area contributed by atoms with Crippen LogP contribution in [0.25, 0.3) is 0 Å². The Morgan fingerprint density at radius 3 is 2.48 bits per heavy atom. The molecule has 0 spiro atoms. The van der Waals surface area contributed by atoms with Crippen molar-refractivity contribution in [2.24, 2.45) is 16.8 Å². The lowest BCUT2D eigenvalue weighted by Crippen LogP contribution is -2.39. The van der Waals surface area contributed by atoms with Gasteiger partial charge in [0.15, 0.2) is 5.96 Å². The molecule has 0 radical (unpaired) electrons. The minimum Gasteiger partial charge on any atom is -0.357 e. The molecule has 2 atom stereocenters. The lowest BCUT2D eigenvalue weighted by Gasteiger charge is -2.34. The topological polar surface area (TPSA) is 39.7 Å². The van der Waals surface area contributed by atoms with Crippen LogP contribution in [0.5, 0.6) is 0 Å². The molecule has 1 saturated heterocycles. The third-order valence-electron chi connectivity index (χ3n) is 4.04. The van der Waals surface area contributed by atoms with E-state index in [0.717, 1.165) is 43.2 Å². The molecule has 138 valence electrons. The fourth-order valence-electron chi connectivity index (χ4n) is 3.23. The van der Waals surface area contributed by atoms with E-state index >= 15 is 0 Å². The number of hydrogen-bond acceptors (Lipinski definition) is 3. The van der Waals surface area contributed by atoms with Gasteiger partial charge in [-0.1, -0.05) is 13.8 Å². The minimum absolute atomic E-state index is 0. The van der Waals surface area contributed by atoms with E-state index in [2.05, 4.69) is 47.6 Å². The Hall–Kier alpha value is 0.310. The molecule has 4 nitrogen and oxygen atoms in total. The summed E-state index contributed by atoms with van der Waals surface area (Å²) in [7, 11) is 0. The maximum Gasteiger partial charge on any atom is 0.191 e. The van der Waals surface area contributed by atoms with Crippen LogP contribution in [-0.2, 0) is 0 Å². The van der Waals surface area contributed by atoms with Gasteiger partial charge in [0.1, 0.15) is 0 Å². The summed E-state index contributed by atoms with van der Waals surface area (Å²) in [6, 6.07) is 0. The molecular formula is C17H37IN4S. The molecule has 0 bridgehead atoms. The van der Waals surface area contributed by atoms with Crippen molar-refractivity contribution in [2.75, 3.05) is 51.3 Å². The molecule has 1 aliphatic rings.